The first-order valence-corrected chi connectivity index (χ1v) is 6.22. The van der Waals surface area contributed by atoms with Gasteiger partial charge in [0.2, 0.25) is 0 Å². The Labute approximate surface area is 115 Å². The lowest BCUT2D eigenvalue weighted by atomic mass is 10.1. The van der Waals surface area contributed by atoms with E-state index in [-0.39, 0.29) is 13.0 Å². The molecule has 20 heavy (non-hydrogen) atoms. The quantitative estimate of drug-likeness (QED) is 0.743. The summed E-state index contributed by atoms with van der Waals surface area (Å²) in [5.41, 5.74) is 1.12. The Hall–Kier alpha value is -2.34. The number of para-hydroxylation sites is 1. The predicted octanol–water partition coefficient (Wildman–Crippen LogP) is 1.39. The summed E-state index contributed by atoms with van der Waals surface area (Å²) in [7, 11) is 1.49. The van der Waals surface area contributed by atoms with E-state index < -0.39 is 17.9 Å². The van der Waals surface area contributed by atoms with Crippen molar-refractivity contribution >= 4 is 22.8 Å². The molecule has 0 spiro atoms. The molecule has 6 nitrogen and oxygen atoms in total. The number of rotatable bonds is 6. The largest absolute Gasteiger partial charge is 0.480 e. The van der Waals surface area contributed by atoms with E-state index in [9.17, 15) is 9.59 Å². The maximum absolute atomic E-state index is 12.2. The molecular formula is C14H16N2O4. The summed E-state index contributed by atoms with van der Waals surface area (Å²) in [6.45, 7) is 0.268. The van der Waals surface area contributed by atoms with Crippen molar-refractivity contribution in [3.05, 3.63) is 36.0 Å². The normalized spacial score (nSPS) is 12.2. The van der Waals surface area contributed by atoms with Gasteiger partial charge in [0.25, 0.3) is 5.91 Å². The molecule has 106 valence electrons. The van der Waals surface area contributed by atoms with Crippen molar-refractivity contribution in [2.75, 3.05) is 13.7 Å². The zero-order valence-corrected chi connectivity index (χ0v) is 11.1. The third-order valence-electron chi connectivity index (χ3n) is 3.05. The van der Waals surface area contributed by atoms with Gasteiger partial charge in [0.05, 0.1) is 11.1 Å². The lowest BCUT2D eigenvalue weighted by Gasteiger charge is -2.14. The number of carboxylic acids is 1. The van der Waals surface area contributed by atoms with E-state index >= 15 is 0 Å². The lowest BCUT2D eigenvalue weighted by Crippen LogP contribution is -2.41. The van der Waals surface area contributed by atoms with E-state index in [1.165, 1.54) is 7.11 Å². The van der Waals surface area contributed by atoms with Crippen LogP contribution in [0, 0.1) is 0 Å². The van der Waals surface area contributed by atoms with Crippen molar-refractivity contribution in [1.29, 1.82) is 0 Å². The molecule has 0 aliphatic rings. The first kappa shape index (κ1) is 14.1. The van der Waals surface area contributed by atoms with Crippen molar-refractivity contribution in [3.63, 3.8) is 0 Å². The second kappa shape index (κ2) is 6.21. The summed E-state index contributed by atoms with van der Waals surface area (Å²) < 4.78 is 4.85. The van der Waals surface area contributed by atoms with Gasteiger partial charge in [0, 0.05) is 31.7 Å². The Balaban J connectivity index is 2.18. The van der Waals surface area contributed by atoms with Crippen LogP contribution in [0.25, 0.3) is 10.9 Å². The smallest absolute Gasteiger partial charge is 0.326 e. The second-order valence-corrected chi connectivity index (χ2v) is 4.39. The van der Waals surface area contributed by atoms with E-state index in [4.69, 9.17) is 9.84 Å². The molecule has 1 unspecified atom stereocenters. The number of amides is 1. The molecule has 6 heteroatoms. The third-order valence-corrected chi connectivity index (χ3v) is 3.05. The van der Waals surface area contributed by atoms with Gasteiger partial charge in [-0.25, -0.2) is 4.79 Å². The molecule has 0 radical (unpaired) electrons. The molecule has 1 atom stereocenters. The SMILES string of the molecule is COCCC(NC(=O)c1cccc2cc[nH]c12)C(=O)O. The summed E-state index contributed by atoms with van der Waals surface area (Å²) >= 11 is 0. The Morgan fingerprint density at radius 1 is 1.40 bits per heavy atom. The summed E-state index contributed by atoms with van der Waals surface area (Å²) in [6, 6.07) is 6.18. The number of methoxy groups -OCH3 is 1. The van der Waals surface area contributed by atoms with Crippen LogP contribution in [0.15, 0.2) is 30.5 Å². The average Bonchev–Trinajstić information content (AvgIpc) is 2.90. The molecule has 1 aromatic heterocycles. The highest BCUT2D eigenvalue weighted by molar-refractivity contribution is 6.06. The van der Waals surface area contributed by atoms with Gasteiger partial charge in [0.1, 0.15) is 6.04 Å². The van der Waals surface area contributed by atoms with Gasteiger partial charge in [0.15, 0.2) is 0 Å². The number of ether oxygens (including phenoxy) is 1. The van der Waals surface area contributed by atoms with Gasteiger partial charge in [-0.1, -0.05) is 12.1 Å². The standard InChI is InChI=1S/C14H16N2O4/c1-20-8-6-11(14(18)19)16-13(17)10-4-2-3-9-5-7-15-12(9)10/h2-5,7,11,15H,6,8H2,1H3,(H,16,17)(H,18,19). The molecule has 0 fully saturated rings. The minimum absolute atomic E-state index is 0.221. The second-order valence-electron chi connectivity index (χ2n) is 4.39. The Morgan fingerprint density at radius 2 is 2.20 bits per heavy atom. The lowest BCUT2D eigenvalue weighted by molar-refractivity contribution is -0.139. The first-order valence-electron chi connectivity index (χ1n) is 6.22. The molecule has 2 aromatic rings. The fourth-order valence-corrected chi connectivity index (χ4v) is 2.00. The highest BCUT2D eigenvalue weighted by Crippen LogP contribution is 2.17. The molecule has 2 rings (SSSR count). The van der Waals surface area contributed by atoms with E-state index in [1.807, 2.05) is 12.1 Å². The Kier molecular flexibility index (Phi) is 4.37. The highest BCUT2D eigenvalue weighted by atomic mass is 16.5. The van der Waals surface area contributed by atoms with Gasteiger partial charge in [-0.3, -0.25) is 4.79 Å². The summed E-state index contributed by atoms with van der Waals surface area (Å²) in [5.74, 6) is -1.49. The van der Waals surface area contributed by atoms with Crippen molar-refractivity contribution < 1.29 is 19.4 Å². The molecule has 1 amide bonds. The molecule has 1 aromatic carbocycles. The van der Waals surface area contributed by atoms with E-state index in [0.717, 1.165) is 5.39 Å². The molecule has 0 bridgehead atoms. The van der Waals surface area contributed by atoms with Gasteiger partial charge in [-0.15, -0.1) is 0 Å². The zero-order chi connectivity index (χ0) is 14.5. The molecule has 3 N–H and O–H groups in total. The van der Waals surface area contributed by atoms with Crippen molar-refractivity contribution in [1.82, 2.24) is 10.3 Å². The predicted molar refractivity (Wildman–Crippen MR) is 73.7 cm³/mol. The third kappa shape index (κ3) is 2.97. The van der Waals surface area contributed by atoms with Crippen LogP contribution in [0.3, 0.4) is 0 Å². The molecule has 0 aliphatic heterocycles. The molecule has 0 saturated carbocycles. The van der Waals surface area contributed by atoms with Crippen LogP contribution >= 0.6 is 0 Å². The average molecular weight is 276 g/mol. The minimum atomic E-state index is -1.07. The summed E-state index contributed by atoms with van der Waals surface area (Å²) in [5, 5.41) is 12.5. The van der Waals surface area contributed by atoms with Crippen LogP contribution in [0.2, 0.25) is 0 Å². The first-order chi connectivity index (χ1) is 9.63. The molecule has 0 aliphatic carbocycles. The number of carbonyl (C=O) groups excluding carboxylic acids is 1. The minimum Gasteiger partial charge on any atom is -0.480 e. The van der Waals surface area contributed by atoms with E-state index in [2.05, 4.69) is 10.3 Å². The Morgan fingerprint density at radius 3 is 2.90 bits per heavy atom. The van der Waals surface area contributed by atoms with Gasteiger partial charge in [-0.05, 0) is 12.1 Å². The topological polar surface area (TPSA) is 91.4 Å². The van der Waals surface area contributed by atoms with Crippen LogP contribution in [0.4, 0.5) is 0 Å². The summed E-state index contributed by atoms with van der Waals surface area (Å²) in [4.78, 5) is 26.3. The molecule has 1 heterocycles. The zero-order valence-electron chi connectivity index (χ0n) is 11.1. The number of carboxylic acid groups (broad SMARTS) is 1. The van der Waals surface area contributed by atoms with Crippen LogP contribution in [0.1, 0.15) is 16.8 Å². The number of nitrogens with one attached hydrogen (secondary N) is 2. The van der Waals surface area contributed by atoms with E-state index in [0.29, 0.717) is 11.1 Å². The molecular weight excluding hydrogens is 260 g/mol. The fourth-order valence-electron chi connectivity index (χ4n) is 2.00. The maximum Gasteiger partial charge on any atom is 0.326 e. The van der Waals surface area contributed by atoms with Crippen LogP contribution in [0.5, 0.6) is 0 Å². The van der Waals surface area contributed by atoms with Crippen LogP contribution < -0.4 is 5.32 Å². The molecule has 0 saturated heterocycles. The number of H-pyrrole nitrogens is 1. The van der Waals surface area contributed by atoms with Gasteiger partial charge in [-0.2, -0.15) is 0 Å². The van der Waals surface area contributed by atoms with Gasteiger partial charge < -0.3 is 20.1 Å². The maximum atomic E-state index is 12.2. The number of fused-ring (bicyclic) bond motifs is 1. The number of carbonyl (C=O) groups is 2. The number of hydrogen-bond acceptors (Lipinski definition) is 3. The van der Waals surface area contributed by atoms with Gasteiger partial charge >= 0.3 is 5.97 Å². The fraction of sp³-hybridized carbons (Fsp3) is 0.286. The number of benzene rings is 1. The van der Waals surface area contributed by atoms with Crippen molar-refractivity contribution in [3.8, 4) is 0 Å². The summed E-state index contributed by atoms with van der Waals surface area (Å²) in [6.07, 6.45) is 1.96. The number of aromatic amines is 1. The van der Waals surface area contributed by atoms with Crippen LogP contribution in [-0.2, 0) is 9.53 Å². The number of hydrogen-bond donors (Lipinski definition) is 3. The van der Waals surface area contributed by atoms with Crippen LogP contribution in [-0.4, -0.2) is 41.7 Å². The van der Waals surface area contributed by atoms with Crippen molar-refractivity contribution in [2.45, 2.75) is 12.5 Å². The number of aromatic nitrogens is 1. The highest BCUT2D eigenvalue weighted by Gasteiger charge is 2.21. The van der Waals surface area contributed by atoms with Crippen molar-refractivity contribution in [2.24, 2.45) is 0 Å². The van der Waals surface area contributed by atoms with E-state index in [1.54, 1.807) is 18.3 Å². The number of aliphatic carboxylic acids is 1. The monoisotopic (exact) mass is 276 g/mol. The Bertz CT molecular complexity index is 620.